The van der Waals surface area contributed by atoms with Gasteiger partial charge < -0.3 is 10.2 Å². The van der Waals surface area contributed by atoms with Crippen LogP contribution in [0.4, 0.5) is 0 Å². The molecule has 0 aliphatic rings. The third kappa shape index (κ3) is 10.9. The second-order valence-electron chi connectivity index (χ2n) is 10.3. The SMILES string of the molecule is CCCCCCCCCCCCCCC(Cc1cc(C(C)C)c(O)c(C(C)C)c1)C(=O)O. The van der Waals surface area contributed by atoms with Gasteiger partial charge in [0.1, 0.15) is 5.75 Å². The van der Waals surface area contributed by atoms with Gasteiger partial charge in [0.2, 0.25) is 0 Å². The molecular formula is C29H50O3. The first-order valence-corrected chi connectivity index (χ1v) is 13.4. The molecule has 0 aromatic heterocycles. The third-order valence-corrected chi connectivity index (χ3v) is 6.71. The molecular weight excluding hydrogens is 396 g/mol. The summed E-state index contributed by atoms with van der Waals surface area (Å²) in [5.74, 6) is -0.230. The first kappa shape index (κ1) is 28.5. The molecule has 0 amide bonds. The van der Waals surface area contributed by atoms with E-state index in [9.17, 15) is 15.0 Å². The van der Waals surface area contributed by atoms with Gasteiger partial charge in [0.15, 0.2) is 0 Å². The van der Waals surface area contributed by atoms with Crippen molar-refractivity contribution >= 4 is 5.97 Å². The van der Waals surface area contributed by atoms with Crippen molar-refractivity contribution in [3.05, 3.63) is 28.8 Å². The second-order valence-corrected chi connectivity index (χ2v) is 10.3. The Morgan fingerprint density at radius 3 is 1.53 bits per heavy atom. The van der Waals surface area contributed by atoms with Crippen LogP contribution in [0.1, 0.15) is 147 Å². The summed E-state index contributed by atoms with van der Waals surface area (Å²) in [6.07, 6.45) is 16.8. The van der Waals surface area contributed by atoms with Crippen molar-refractivity contribution in [2.24, 2.45) is 5.92 Å². The number of benzene rings is 1. The zero-order valence-electron chi connectivity index (χ0n) is 21.6. The number of phenolic OH excluding ortho intramolecular Hbond substituents is 1. The number of hydrogen-bond acceptors (Lipinski definition) is 2. The quantitative estimate of drug-likeness (QED) is 0.221. The van der Waals surface area contributed by atoms with Gasteiger partial charge in [-0.1, -0.05) is 124 Å². The molecule has 184 valence electrons. The van der Waals surface area contributed by atoms with Gasteiger partial charge in [-0.2, -0.15) is 0 Å². The van der Waals surface area contributed by atoms with Crippen LogP contribution in [-0.4, -0.2) is 16.2 Å². The van der Waals surface area contributed by atoms with Gasteiger partial charge in [0.25, 0.3) is 0 Å². The number of aromatic hydroxyl groups is 1. The molecule has 1 rings (SSSR count). The van der Waals surface area contributed by atoms with Crippen LogP contribution in [0.3, 0.4) is 0 Å². The Bertz CT molecular complexity index is 619. The first-order chi connectivity index (χ1) is 15.3. The summed E-state index contributed by atoms with van der Waals surface area (Å²) < 4.78 is 0. The predicted octanol–water partition coefficient (Wildman–Crippen LogP) is 8.97. The van der Waals surface area contributed by atoms with E-state index < -0.39 is 5.97 Å². The lowest BCUT2D eigenvalue weighted by Gasteiger charge is -2.19. The molecule has 0 aliphatic carbocycles. The topological polar surface area (TPSA) is 57.5 Å². The van der Waals surface area contributed by atoms with Crippen LogP contribution in [0.2, 0.25) is 0 Å². The summed E-state index contributed by atoms with van der Waals surface area (Å²) in [5.41, 5.74) is 2.91. The van der Waals surface area contributed by atoms with E-state index in [1.54, 1.807) is 0 Å². The maximum atomic E-state index is 11.9. The molecule has 3 heteroatoms. The Balaban J connectivity index is 2.42. The number of carboxylic acids is 1. The van der Waals surface area contributed by atoms with Crippen molar-refractivity contribution in [3.8, 4) is 5.75 Å². The van der Waals surface area contributed by atoms with Gasteiger partial charge in [-0.25, -0.2) is 0 Å². The van der Waals surface area contributed by atoms with Crippen LogP contribution in [-0.2, 0) is 11.2 Å². The monoisotopic (exact) mass is 446 g/mol. The molecule has 2 N–H and O–H groups in total. The van der Waals surface area contributed by atoms with E-state index in [1.165, 1.54) is 64.2 Å². The van der Waals surface area contributed by atoms with Crippen LogP contribution >= 0.6 is 0 Å². The van der Waals surface area contributed by atoms with E-state index in [0.29, 0.717) is 12.2 Å². The molecule has 1 atom stereocenters. The minimum Gasteiger partial charge on any atom is -0.507 e. The first-order valence-electron chi connectivity index (χ1n) is 13.4. The van der Waals surface area contributed by atoms with Gasteiger partial charge in [-0.15, -0.1) is 0 Å². The molecule has 1 aromatic carbocycles. The largest absolute Gasteiger partial charge is 0.507 e. The molecule has 0 spiro atoms. The molecule has 0 heterocycles. The zero-order chi connectivity index (χ0) is 23.9. The fourth-order valence-electron chi connectivity index (χ4n) is 4.57. The number of carbonyl (C=O) groups is 1. The highest BCUT2D eigenvalue weighted by Crippen LogP contribution is 2.35. The molecule has 0 saturated carbocycles. The number of phenols is 1. The summed E-state index contributed by atoms with van der Waals surface area (Å²) in [7, 11) is 0. The molecule has 1 unspecified atom stereocenters. The normalized spacial score (nSPS) is 12.6. The number of unbranched alkanes of at least 4 members (excludes halogenated alkanes) is 11. The van der Waals surface area contributed by atoms with Crippen LogP contribution in [0, 0.1) is 5.92 Å². The Kier molecular flexibility index (Phi) is 14.4. The number of aliphatic carboxylic acids is 1. The summed E-state index contributed by atoms with van der Waals surface area (Å²) >= 11 is 0. The molecule has 32 heavy (non-hydrogen) atoms. The van der Waals surface area contributed by atoms with Crippen molar-refractivity contribution in [1.29, 1.82) is 0 Å². The summed E-state index contributed by atoms with van der Waals surface area (Å²) in [6.45, 7) is 10.6. The van der Waals surface area contributed by atoms with E-state index in [0.717, 1.165) is 36.0 Å². The van der Waals surface area contributed by atoms with Crippen molar-refractivity contribution in [2.45, 2.75) is 136 Å². The van der Waals surface area contributed by atoms with E-state index in [1.807, 2.05) is 12.1 Å². The highest BCUT2D eigenvalue weighted by molar-refractivity contribution is 5.70. The Labute approximate surface area is 198 Å². The van der Waals surface area contributed by atoms with Crippen molar-refractivity contribution < 1.29 is 15.0 Å². The molecule has 0 fully saturated rings. The Morgan fingerprint density at radius 2 is 1.16 bits per heavy atom. The molecule has 1 aromatic rings. The number of hydrogen-bond donors (Lipinski definition) is 2. The number of rotatable bonds is 18. The van der Waals surface area contributed by atoms with Gasteiger partial charge in [0.05, 0.1) is 5.92 Å². The van der Waals surface area contributed by atoms with Crippen LogP contribution in [0.25, 0.3) is 0 Å². The Morgan fingerprint density at radius 1 is 0.750 bits per heavy atom. The average Bonchev–Trinajstić information content (AvgIpc) is 2.73. The van der Waals surface area contributed by atoms with Gasteiger partial charge in [0, 0.05) is 0 Å². The maximum Gasteiger partial charge on any atom is 0.306 e. The van der Waals surface area contributed by atoms with Crippen LogP contribution in [0.5, 0.6) is 5.75 Å². The van der Waals surface area contributed by atoms with Crippen molar-refractivity contribution in [2.75, 3.05) is 0 Å². The van der Waals surface area contributed by atoms with Gasteiger partial charge in [-0.3, -0.25) is 4.79 Å². The Hall–Kier alpha value is -1.51. The highest BCUT2D eigenvalue weighted by atomic mass is 16.4. The lowest BCUT2D eigenvalue weighted by atomic mass is 9.87. The standard InChI is InChI=1S/C29H50O3/c1-6-7-8-9-10-11-12-13-14-15-16-17-18-25(29(31)32)19-24-20-26(22(2)3)28(30)27(21-24)23(4)5/h20-23,25,30H,6-19H2,1-5H3,(H,31,32). The van der Waals surface area contributed by atoms with E-state index in [-0.39, 0.29) is 17.8 Å². The van der Waals surface area contributed by atoms with E-state index in [4.69, 9.17) is 0 Å². The summed E-state index contributed by atoms with van der Waals surface area (Å²) in [6, 6.07) is 4.04. The molecule has 0 bridgehead atoms. The smallest absolute Gasteiger partial charge is 0.306 e. The lowest BCUT2D eigenvalue weighted by Crippen LogP contribution is -2.17. The molecule has 0 radical (unpaired) electrons. The van der Waals surface area contributed by atoms with E-state index >= 15 is 0 Å². The van der Waals surface area contributed by atoms with Gasteiger partial charge >= 0.3 is 5.97 Å². The minimum absolute atomic E-state index is 0.215. The fourth-order valence-corrected chi connectivity index (χ4v) is 4.57. The average molecular weight is 447 g/mol. The zero-order valence-corrected chi connectivity index (χ0v) is 21.6. The third-order valence-electron chi connectivity index (χ3n) is 6.71. The minimum atomic E-state index is -0.696. The lowest BCUT2D eigenvalue weighted by molar-refractivity contribution is -0.142. The van der Waals surface area contributed by atoms with Crippen molar-refractivity contribution in [1.82, 2.24) is 0 Å². The maximum absolute atomic E-state index is 11.9. The summed E-state index contributed by atoms with van der Waals surface area (Å²) in [5, 5.41) is 20.4. The second kappa shape index (κ2) is 16.2. The highest BCUT2D eigenvalue weighted by Gasteiger charge is 2.21. The van der Waals surface area contributed by atoms with E-state index in [2.05, 4.69) is 34.6 Å². The van der Waals surface area contributed by atoms with Crippen LogP contribution in [0.15, 0.2) is 12.1 Å². The number of carboxylic acid groups (broad SMARTS) is 1. The predicted molar refractivity (Wildman–Crippen MR) is 137 cm³/mol. The van der Waals surface area contributed by atoms with Gasteiger partial charge in [-0.05, 0) is 41.4 Å². The van der Waals surface area contributed by atoms with Crippen molar-refractivity contribution in [3.63, 3.8) is 0 Å². The van der Waals surface area contributed by atoms with Crippen LogP contribution < -0.4 is 0 Å². The summed E-state index contributed by atoms with van der Waals surface area (Å²) in [4.78, 5) is 11.9. The molecule has 3 nitrogen and oxygen atoms in total. The molecule has 0 aliphatic heterocycles. The molecule has 0 saturated heterocycles. The fraction of sp³-hybridized carbons (Fsp3) is 0.759.